The quantitative estimate of drug-likeness (QED) is 0.608. The minimum Gasteiger partial charge on any atom is -0.491 e. The van der Waals surface area contributed by atoms with Crippen LogP contribution in [0.15, 0.2) is 24.3 Å². The summed E-state index contributed by atoms with van der Waals surface area (Å²) in [6.07, 6.45) is 3.96. The van der Waals surface area contributed by atoms with E-state index in [9.17, 15) is 4.79 Å². The fourth-order valence-electron chi connectivity index (χ4n) is 2.64. The fraction of sp³-hybridized carbons (Fsp3) is 0.533. The van der Waals surface area contributed by atoms with E-state index in [1.54, 1.807) is 0 Å². The summed E-state index contributed by atoms with van der Waals surface area (Å²) in [7, 11) is 0. The van der Waals surface area contributed by atoms with E-state index in [0.29, 0.717) is 12.3 Å². The number of benzene rings is 1. The number of piperidine rings is 1. The molecule has 5 nitrogen and oxygen atoms in total. The Hall–Kier alpha value is -1.75. The van der Waals surface area contributed by atoms with E-state index in [4.69, 9.17) is 16.2 Å². The lowest BCUT2D eigenvalue weighted by Crippen LogP contribution is -2.48. The van der Waals surface area contributed by atoms with Crippen molar-refractivity contribution in [1.82, 2.24) is 4.90 Å². The second-order valence-corrected chi connectivity index (χ2v) is 5.19. The Bertz CT molecular complexity index is 450. The number of hydrogen-bond acceptors (Lipinski definition) is 4. The molecule has 110 valence electrons. The molecular formula is C15H23N3O2. The van der Waals surface area contributed by atoms with Crippen LogP contribution in [-0.4, -0.2) is 36.5 Å². The highest BCUT2D eigenvalue weighted by Gasteiger charge is 2.26. The monoisotopic (exact) mass is 277 g/mol. The number of ether oxygens (including phenoxy) is 1. The van der Waals surface area contributed by atoms with Crippen LogP contribution in [0.5, 0.6) is 5.75 Å². The number of carbonyl (C=O) groups excluding carboxylic acids is 1. The van der Waals surface area contributed by atoms with Crippen molar-refractivity contribution < 1.29 is 9.53 Å². The smallest absolute Gasteiger partial charge is 0.234 e. The molecular weight excluding hydrogens is 254 g/mol. The van der Waals surface area contributed by atoms with Gasteiger partial charge in [0.1, 0.15) is 5.75 Å². The zero-order valence-corrected chi connectivity index (χ0v) is 11.8. The highest BCUT2D eigenvalue weighted by Crippen LogP contribution is 2.20. The molecule has 0 aromatic heterocycles. The fourth-order valence-corrected chi connectivity index (χ4v) is 2.64. The number of carbonyl (C=O) groups is 1. The van der Waals surface area contributed by atoms with Gasteiger partial charge in [0.15, 0.2) is 0 Å². The van der Waals surface area contributed by atoms with E-state index in [1.165, 1.54) is 0 Å². The highest BCUT2D eigenvalue weighted by atomic mass is 16.5. The molecule has 1 unspecified atom stereocenters. The Morgan fingerprint density at radius 1 is 1.35 bits per heavy atom. The minimum atomic E-state index is -0.210. The standard InChI is InChI=1S/C15H23N3O2/c16-12-6-1-2-8-14(12)20-11-5-10-18-9-4-3-7-13(18)15(17)19/h1-2,6,8,13H,3-5,7,9-11,16H2,(H2,17,19). The molecule has 1 aromatic carbocycles. The predicted octanol–water partition coefficient (Wildman–Crippen LogP) is 1.38. The van der Waals surface area contributed by atoms with Crippen molar-refractivity contribution in [2.24, 2.45) is 5.73 Å². The molecule has 1 atom stereocenters. The Balaban J connectivity index is 1.75. The Kier molecular flexibility index (Phi) is 5.24. The number of amides is 1. The molecule has 1 aliphatic rings. The van der Waals surface area contributed by atoms with E-state index in [1.807, 2.05) is 24.3 Å². The third-order valence-corrected chi connectivity index (χ3v) is 3.71. The normalized spacial score (nSPS) is 19.7. The predicted molar refractivity (Wildman–Crippen MR) is 79.4 cm³/mol. The van der Waals surface area contributed by atoms with Gasteiger partial charge in [0.05, 0.1) is 18.3 Å². The van der Waals surface area contributed by atoms with Crippen molar-refractivity contribution in [3.8, 4) is 5.75 Å². The maximum Gasteiger partial charge on any atom is 0.234 e. The summed E-state index contributed by atoms with van der Waals surface area (Å²) in [5.74, 6) is 0.510. The molecule has 0 radical (unpaired) electrons. The third kappa shape index (κ3) is 3.87. The second-order valence-electron chi connectivity index (χ2n) is 5.19. The first-order valence-corrected chi connectivity index (χ1v) is 7.19. The number of para-hydroxylation sites is 2. The van der Waals surface area contributed by atoms with Gasteiger partial charge in [-0.3, -0.25) is 9.69 Å². The van der Waals surface area contributed by atoms with Gasteiger partial charge >= 0.3 is 0 Å². The molecule has 20 heavy (non-hydrogen) atoms. The van der Waals surface area contributed by atoms with E-state index in [0.717, 1.165) is 44.5 Å². The Labute approximate surface area is 119 Å². The molecule has 5 heteroatoms. The number of anilines is 1. The molecule has 4 N–H and O–H groups in total. The van der Waals surface area contributed by atoms with Crippen LogP contribution >= 0.6 is 0 Å². The van der Waals surface area contributed by atoms with Crippen molar-refractivity contribution in [2.45, 2.75) is 31.7 Å². The number of nitrogens with zero attached hydrogens (tertiary/aromatic N) is 1. The third-order valence-electron chi connectivity index (χ3n) is 3.71. The molecule has 1 heterocycles. The van der Waals surface area contributed by atoms with Crippen molar-refractivity contribution in [3.63, 3.8) is 0 Å². The van der Waals surface area contributed by atoms with Crippen molar-refractivity contribution in [2.75, 3.05) is 25.4 Å². The number of primary amides is 1. The average Bonchev–Trinajstić information content (AvgIpc) is 2.45. The summed E-state index contributed by atoms with van der Waals surface area (Å²) in [5, 5.41) is 0. The number of nitrogen functional groups attached to an aromatic ring is 1. The minimum absolute atomic E-state index is 0.106. The van der Waals surface area contributed by atoms with Crippen LogP contribution in [0.25, 0.3) is 0 Å². The van der Waals surface area contributed by atoms with Crippen LogP contribution in [0, 0.1) is 0 Å². The summed E-state index contributed by atoms with van der Waals surface area (Å²) >= 11 is 0. The van der Waals surface area contributed by atoms with Gasteiger partial charge in [-0.2, -0.15) is 0 Å². The molecule has 0 spiro atoms. The zero-order chi connectivity index (χ0) is 14.4. The maximum absolute atomic E-state index is 11.4. The van der Waals surface area contributed by atoms with Crippen LogP contribution in [0.2, 0.25) is 0 Å². The van der Waals surface area contributed by atoms with Crippen LogP contribution in [-0.2, 0) is 4.79 Å². The van der Waals surface area contributed by atoms with E-state index >= 15 is 0 Å². The summed E-state index contributed by atoms with van der Waals surface area (Å²) < 4.78 is 5.66. The van der Waals surface area contributed by atoms with Crippen molar-refractivity contribution in [1.29, 1.82) is 0 Å². The highest BCUT2D eigenvalue weighted by molar-refractivity contribution is 5.79. The van der Waals surface area contributed by atoms with Gasteiger partial charge in [-0.05, 0) is 37.9 Å². The molecule has 1 aliphatic heterocycles. The first-order valence-electron chi connectivity index (χ1n) is 7.19. The summed E-state index contributed by atoms with van der Waals surface area (Å²) in [6.45, 7) is 2.37. The van der Waals surface area contributed by atoms with Gasteiger partial charge in [-0.15, -0.1) is 0 Å². The number of likely N-dealkylation sites (tertiary alicyclic amines) is 1. The molecule has 1 aromatic rings. The molecule has 0 bridgehead atoms. The van der Waals surface area contributed by atoms with Crippen molar-refractivity contribution in [3.05, 3.63) is 24.3 Å². The molecule has 1 saturated heterocycles. The summed E-state index contributed by atoms with van der Waals surface area (Å²) in [6, 6.07) is 7.36. The number of hydrogen-bond donors (Lipinski definition) is 2. The van der Waals surface area contributed by atoms with Gasteiger partial charge < -0.3 is 16.2 Å². The molecule has 2 rings (SSSR count). The lowest BCUT2D eigenvalue weighted by atomic mass is 10.0. The number of rotatable bonds is 6. The topological polar surface area (TPSA) is 81.6 Å². The van der Waals surface area contributed by atoms with Gasteiger partial charge in [0.2, 0.25) is 5.91 Å². The maximum atomic E-state index is 11.4. The SMILES string of the molecule is NC(=O)C1CCCCN1CCCOc1ccccc1N. The van der Waals surface area contributed by atoms with Gasteiger partial charge in [0.25, 0.3) is 0 Å². The van der Waals surface area contributed by atoms with E-state index in [-0.39, 0.29) is 11.9 Å². The zero-order valence-electron chi connectivity index (χ0n) is 11.8. The van der Waals surface area contributed by atoms with E-state index < -0.39 is 0 Å². The Morgan fingerprint density at radius 2 is 2.15 bits per heavy atom. The largest absolute Gasteiger partial charge is 0.491 e. The summed E-state index contributed by atoms with van der Waals surface area (Å²) in [4.78, 5) is 13.6. The van der Waals surface area contributed by atoms with Gasteiger partial charge in [-0.1, -0.05) is 18.6 Å². The number of nitrogens with two attached hydrogens (primary N) is 2. The average molecular weight is 277 g/mol. The van der Waals surface area contributed by atoms with Crippen LogP contribution in [0.1, 0.15) is 25.7 Å². The van der Waals surface area contributed by atoms with Gasteiger partial charge in [-0.25, -0.2) is 0 Å². The van der Waals surface area contributed by atoms with Crippen LogP contribution in [0.4, 0.5) is 5.69 Å². The van der Waals surface area contributed by atoms with Crippen LogP contribution in [0.3, 0.4) is 0 Å². The van der Waals surface area contributed by atoms with E-state index in [2.05, 4.69) is 4.90 Å². The van der Waals surface area contributed by atoms with Crippen molar-refractivity contribution >= 4 is 11.6 Å². The molecule has 0 aliphatic carbocycles. The summed E-state index contributed by atoms with van der Waals surface area (Å²) in [5.41, 5.74) is 11.9. The Morgan fingerprint density at radius 3 is 2.90 bits per heavy atom. The molecule has 0 saturated carbocycles. The molecule has 1 amide bonds. The van der Waals surface area contributed by atoms with Gasteiger partial charge in [0, 0.05) is 6.54 Å². The first kappa shape index (κ1) is 14.7. The lowest BCUT2D eigenvalue weighted by Gasteiger charge is -2.33. The van der Waals surface area contributed by atoms with Crippen LogP contribution < -0.4 is 16.2 Å². The second kappa shape index (κ2) is 7.14. The lowest BCUT2D eigenvalue weighted by molar-refractivity contribution is -0.124. The first-order chi connectivity index (χ1) is 9.68. The molecule has 1 fully saturated rings.